The molecule has 0 radical (unpaired) electrons. The Kier molecular flexibility index (Phi) is 4.44. The minimum absolute atomic E-state index is 0.297. The maximum absolute atomic E-state index is 11.4. The monoisotopic (exact) mass is 289 g/mol. The molecular formula is C17H23NO3. The lowest BCUT2D eigenvalue weighted by Crippen LogP contribution is -2.46. The lowest BCUT2D eigenvalue weighted by atomic mass is 9.90. The van der Waals surface area contributed by atoms with Crippen LogP contribution in [0.1, 0.15) is 42.5 Å². The minimum Gasteiger partial charge on any atom is -0.490 e. The molecule has 4 nitrogen and oxygen atoms in total. The van der Waals surface area contributed by atoms with Crippen LogP contribution in [0, 0.1) is 0 Å². The second kappa shape index (κ2) is 6.48. The fourth-order valence-corrected chi connectivity index (χ4v) is 3.09. The van der Waals surface area contributed by atoms with E-state index >= 15 is 0 Å². The molecular weight excluding hydrogens is 266 g/mol. The molecule has 0 amide bonds. The predicted octanol–water partition coefficient (Wildman–Crippen LogP) is 2.87. The minimum atomic E-state index is -0.310. The number of esters is 1. The Balaban J connectivity index is 1.49. The van der Waals surface area contributed by atoms with Gasteiger partial charge in [-0.2, -0.15) is 0 Å². The molecule has 1 heterocycles. The van der Waals surface area contributed by atoms with E-state index in [0.29, 0.717) is 11.7 Å². The van der Waals surface area contributed by atoms with Crippen molar-refractivity contribution < 1.29 is 14.3 Å². The smallest absolute Gasteiger partial charge is 0.337 e. The number of likely N-dealkylation sites (tertiary alicyclic amines) is 1. The van der Waals surface area contributed by atoms with Gasteiger partial charge in [0.15, 0.2) is 0 Å². The first-order chi connectivity index (χ1) is 10.3. The second-order valence-electron chi connectivity index (χ2n) is 5.95. The van der Waals surface area contributed by atoms with Crippen molar-refractivity contribution in [1.29, 1.82) is 0 Å². The number of nitrogens with zero attached hydrogens (tertiary/aromatic N) is 1. The zero-order chi connectivity index (χ0) is 14.7. The highest BCUT2D eigenvalue weighted by Crippen LogP contribution is 2.28. The largest absolute Gasteiger partial charge is 0.490 e. The Hall–Kier alpha value is -1.55. The first-order valence-corrected chi connectivity index (χ1v) is 7.85. The van der Waals surface area contributed by atoms with E-state index in [4.69, 9.17) is 9.47 Å². The third-order valence-corrected chi connectivity index (χ3v) is 4.65. The van der Waals surface area contributed by atoms with Crippen LogP contribution in [0.2, 0.25) is 0 Å². The molecule has 2 aliphatic rings. The molecule has 1 aromatic carbocycles. The number of carbonyl (C=O) groups is 1. The summed E-state index contributed by atoms with van der Waals surface area (Å²) in [5.74, 6) is 0.528. The molecule has 1 saturated carbocycles. The Morgan fingerprint density at radius 1 is 1.10 bits per heavy atom. The summed E-state index contributed by atoms with van der Waals surface area (Å²) in [6, 6.07) is 8.05. The molecule has 1 aliphatic carbocycles. The van der Waals surface area contributed by atoms with Crippen molar-refractivity contribution in [3.63, 3.8) is 0 Å². The van der Waals surface area contributed by atoms with Gasteiger partial charge in [-0.3, -0.25) is 0 Å². The fourth-order valence-electron chi connectivity index (χ4n) is 3.09. The summed E-state index contributed by atoms with van der Waals surface area (Å²) in [7, 11) is 1.39. The topological polar surface area (TPSA) is 38.8 Å². The number of hydrogen-bond donors (Lipinski definition) is 0. The quantitative estimate of drug-likeness (QED) is 0.799. The number of rotatable bonds is 4. The van der Waals surface area contributed by atoms with Gasteiger partial charge in [0, 0.05) is 19.1 Å². The Labute approximate surface area is 126 Å². The number of benzene rings is 1. The highest BCUT2D eigenvalue weighted by atomic mass is 16.5. The van der Waals surface area contributed by atoms with Gasteiger partial charge in [-0.25, -0.2) is 4.79 Å². The highest BCUT2D eigenvalue weighted by molar-refractivity contribution is 5.89. The van der Waals surface area contributed by atoms with Crippen LogP contribution >= 0.6 is 0 Å². The molecule has 2 fully saturated rings. The number of methoxy groups -OCH3 is 1. The van der Waals surface area contributed by atoms with Crippen LogP contribution in [0.4, 0.5) is 0 Å². The van der Waals surface area contributed by atoms with Crippen molar-refractivity contribution in [3.05, 3.63) is 29.8 Å². The maximum Gasteiger partial charge on any atom is 0.337 e. The predicted molar refractivity (Wildman–Crippen MR) is 80.6 cm³/mol. The zero-order valence-electron chi connectivity index (χ0n) is 12.6. The molecule has 0 spiro atoms. The molecule has 3 rings (SSSR count). The third kappa shape index (κ3) is 3.38. The van der Waals surface area contributed by atoms with Crippen LogP contribution in [-0.2, 0) is 4.74 Å². The van der Waals surface area contributed by atoms with Gasteiger partial charge in [0.2, 0.25) is 0 Å². The molecule has 114 valence electrons. The van der Waals surface area contributed by atoms with Gasteiger partial charge >= 0.3 is 5.97 Å². The van der Waals surface area contributed by atoms with Crippen LogP contribution in [0.15, 0.2) is 24.3 Å². The van der Waals surface area contributed by atoms with E-state index in [1.54, 1.807) is 12.1 Å². The van der Waals surface area contributed by atoms with E-state index in [0.717, 1.165) is 37.7 Å². The molecule has 21 heavy (non-hydrogen) atoms. The molecule has 0 bridgehead atoms. The van der Waals surface area contributed by atoms with Crippen LogP contribution in [0.3, 0.4) is 0 Å². The molecule has 4 heteroatoms. The summed E-state index contributed by atoms with van der Waals surface area (Å²) >= 11 is 0. The van der Waals surface area contributed by atoms with Crippen molar-refractivity contribution in [3.8, 4) is 5.75 Å². The number of hydrogen-bond acceptors (Lipinski definition) is 4. The SMILES string of the molecule is COC(=O)c1ccc(OC2CCN(C3CCC3)CC2)cc1. The Morgan fingerprint density at radius 2 is 1.76 bits per heavy atom. The second-order valence-corrected chi connectivity index (χ2v) is 5.95. The summed E-state index contributed by atoms with van der Waals surface area (Å²) in [5, 5.41) is 0. The molecule has 1 aliphatic heterocycles. The van der Waals surface area contributed by atoms with E-state index in [-0.39, 0.29) is 5.97 Å². The number of piperidine rings is 1. The Bertz CT molecular complexity index is 473. The van der Waals surface area contributed by atoms with Crippen LogP contribution < -0.4 is 4.74 Å². The zero-order valence-corrected chi connectivity index (χ0v) is 12.6. The van der Waals surface area contributed by atoms with E-state index in [1.165, 1.54) is 26.4 Å². The fraction of sp³-hybridized carbons (Fsp3) is 0.588. The summed E-state index contributed by atoms with van der Waals surface area (Å²) in [6.07, 6.45) is 6.63. The van der Waals surface area contributed by atoms with Crippen LogP contribution in [-0.4, -0.2) is 43.2 Å². The van der Waals surface area contributed by atoms with E-state index < -0.39 is 0 Å². The van der Waals surface area contributed by atoms with Crippen molar-refractivity contribution in [2.45, 2.75) is 44.2 Å². The van der Waals surface area contributed by atoms with Crippen molar-refractivity contribution in [2.75, 3.05) is 20.2 Å². The van der Waals surface area contributed by atoms with Crippen molar-refractivity contribution in [1.82, 2.24) is 4.90 Å². The van der Waals surface area contributed by atoms with Gasteiger partial charge < -0.3 is 14.4 Å². The van der Waals surface area contributed by atoms with Gasteiger partial charge in [0.05, 0.1) is 12.7 Å². The number of carbonyl (C=O) groups excluding carboxylic acids is 1. The Morgan fingerprint density at radius 3 is 2.29 bits per heavy atom. The van der Waals surface area contributed by atoms with Gasteiger partial charge in [-0.05, 0) is 49.9 Å². The molecule has 0 aromatic heterocycles. The molecule has 0 unspecified atom stereocenters. The van der Waals surface area contributed by atoms with E-state index in [9.17, 15) is 4.79 Å². The van der Waals surface area contributed by atoms with Gasteiger partial charge in [0.25, 0.3) is 0 Å². The van der Waals surface area contributed by atoms with Crippen molar-refractivity contribution >= 4 is 5.97 Å². The summed E-state index contributed by atoms with van der Waals surface area (Å²) in [4.78, 5) is 14.0. The van der Waals surface area contributed by atoms with Gasteiger partial charge in [-0.1, -0.05) is 6.42 Å². The summed E-state index contributed by atoms with van der Waals surface area (Å²) in [6.45, 7) is 2.30. The van der Waals surface area contributed by atoms with Crippen LogP contribution in [0.25, 0.3) is 0 Å². The summed E-state index contributed by atoms with van der Waals surface area (Å²) < 4.78 is 10.7. The first-order valence-electron chi connectivity index (χ1n) is 7.85. The molecule has 0 N–H and O–H groups in total. The molecule has 0 atom stereocenters. The molecule has 1 aromatic rings. The maximum atomic E-state index is 11.4. The van der Waals surface area contributed by atoms with E-state index in [1.807, 2.05) is 12.1 Å². The summed E-state index contributed by atoms with van der Waals surface area (Å²) in [5.41, 5.74) is 0.560. The highest BCUT2D eigenvalue weighted by Gasteiger charge is 2.29. The van der Waals surface area contributed by atoms with Crippen molar-refractivity contribution in [2.24, 2.45) is 0 Å². The first kappa shape index (κ1) is 14.4. The van der Waals surface area contributed by atoms with Gasteiger partial charge in [0.1, 0.15) is 11.9 Å². The lowest BCUT2D eigenvalue weighted by molar-refractivity contribution is 0.0493. The lowest BCUT2D eigenvalue weighted by Gasteiger charge is -2.41. The standard InChI is InChI=1S/C17H23NO3/c1-20-17(19)13-5-7-15(8-6-13)21-16-9-11-18(12-10-16)14-3-2-4-14/h5-8,14,16H,2-4,9-12H2,1H3. The third-order valence-electron chi connectivity index (χ3n) is 4.65. The number of ether oxygens (including phenoxy) is 2. The van der Waals surface area contributed by atoms with Gasteiger partial charge in [-0.15, -0.1) is 0 Å². The average Bonchev–Trinajstić information content (AvgIpc) is 2.47. The average molecular weight is 289 g/mol. The van der Waals surface area contributed by atoms with E-state index in [2.05, 4.69) is 4.90 Å². The molecule has 1 saturated heterocycles. The van der Waals surface area contributed by atoms with Crippen LogP contribution in [0.5, 0.6) is 5.75 Å². The normalized spacial score (nSPS) is 20.8.